The molecule has 1 aromatic carbocycles. The van der Waals surface area contributed by atoms with E-state index in [0.717, 1.165) is 5.56 Å². The predicted molar refractivity (Wildman–Crippen MR) is 56.4 cm³/mol. The van der Waals surface area contributed by atoms with Gasteiger partial charge in [0.15, 0.2) is 0 Å². The van der Waals surface area contributed by atoms with Gasteiger partial charge in [-0.2, -0.15) is 0 Å². The van der Waals surface area contributed by atoms with Crippen LogP contribution in [0.3, 0.4) is 0 Å². The monoisotopic (exact) mass is 199 g/mol. The molecular formula is C11H14ClN. The number of aryl methyl sites for hydroxylation is 1. The average molecular weight is 200 g/mol. The van der Waals surface area contributed by atoms with Crippen molar-refractivity contribution in [3.63, 3.8) is 0 Å². The Labute approximate surface area is 89.7 Å². The summed E-state index contributed by atoms with van der Waals surface area (Å²) in [5.74, 6) is 0.0244. The van der Waals surface area contributed by atoms with E-state index in [1.807, 2.05) is 6.92 Å². The zero-order valence-electron chi connectivity index (χ0n) is 11.4. The van der Waals surface area contributed by atoms with Gasteiger partial charge in [0.1, 0.15) is 0 Å². The van der Waals surface area contributed by atoms with Crippen molar-refractivity contribution in [3.8, 4) is 0 Å². The van der Waals surface area contributed by atoms with E-state index in [1.54, 1.807) is 18.2 Å². The summed E-state index contributed by atoms with van der Waals surface area (Å²) in [7, 11) is 0. The smallest absolute Gasteiger partial charge is 0.0431 e. The first-order valence-electron chi connectivity index (χ1n) is 6.30. The molecule has 0 bridgehead atoms. The van der Waals surface area contributed by atoms with Gasteiger partial charge in [-0.05, 0) is 42.0 Å². The molecule has 13 heavy (non-hydrogen) atoms. The summed E-state index contributed by atoms with van der Waals surface area (Å²) in [6, 6.07) is 4.91. The number of hydrogen-bond acceptors (Lipinski definition) is 1. The van der Waals surface area contributed by atoms with Gasteiger partial charge in [0.05, 0.1) is 0 Å². The summed E-state index contributed by atoms with van der Waals surface area (Å²) >= 11 is 5.92. The molecule has 2 rings (SSSR count). The van der Waals surface area contributed by atoms with Crippen molar-refractivity contribution >= 4 is 11.6 Å². The third-order valence-corrected chi connectivity index (χ3v) is 2.47. The molecule has 1 nitrogen and oxygen atoms in total. The number of halogens is 1. The molecule has 0 aliphatic carbocycles. The minimum absolute atomic E-state index is 0.0244. The molecule has 0 radical (unpaired) electrons. The second kappa shape index (κ2) is 3.69. The van der Waals surface area contributed by atoms with E-state index < -0.39 is 12.9 Å². The highest BCUT2D eigenvalue weighted by Gasteiger charge is 2.13. The van der Waals surface area contributed by atoms with Gasteiger partial charge in [-0.25, -0.2) is 0 Å². The highest BCUT2D eigenvalue weighted by molar-refractivity contribution is 6.30. The Morgan fingerprint density at radius 1 is 1.62 bits per heavy atom. The second-order valence-electron chi connectivity index (χ2n) is 3.26. The first-order valence-corrected chi connectivity index (χ1v) is 4.68. The van der Waals surface area contributed by atoms with E-state index in [-0.39, 0.29) is 5.92 Å². The highest BCUT2D eigenvalue weighted by Crippen LogP contribution is 2.25. The van der Waals surface area contributed by atoms with Gasteiger partial charge >= 0.3 is 0 Å². The number of nitrogens with one attached hydrogen (secondary N) is 1. The van der Waals surface area contributed by atoms with Gasteiger partial charge in [-0.1, -0.05) is 24.6 Å². The van der Waals surface area contributed by atoms with Crippen molar-refractivity contribution in [1.82, 2.24) is 5.32 Å². The topological polar surface area (TPSA) is 12.0 Å². The van der Waals surface area contributed by atoms with Crippen molar-refractivity contribution in [1.29, 1.82) is 0 Å². The molecule has 0 spiro atoms. The van der Waals surface area contributed by atoms with Crippen LogP contribution in [0.5, 0.6) is 0 Å². The SMILES string of the molecule is [2H]C1([2H])NC[C@H](C)c2cc(Cl)ccc2C1([2H])[2H]. The normalized spacial score (nSPS) is 34.5. The Bertz CT molecular complexity index is 447. The quantitative estimate of drug-likeness (QED) is 0.678. The third kappa shape index (κ3) is 1.87. The minimum atomic E-state index is -2.08. The lowest BCUT2D eigenvalue weighted by Crippen LogP contribution is -2.18. The van der Waals surface area contributed by atoms with E-state index in [1.165, 1.54) is 0 Å². The molecular weight excluding hydrogens is 182 g/mol. The van der Waals surface area contributed by atoms with Crippen molar-refractivity contribution in [2.45, 2.75) is 19.2 Å². The van der Waals surface area contributed by atoms with Crippen LogP contribution in [0.15, 0.2) is 18.2 Å². The number of rotatable bonds is 0. The van der Waals surface area contributed by atoms with Crippen molar-refractivity contribution < 1.29 is 5.48 Å². The molecule has 0 unspecified atom stereocenters. The Morgan fingerprint density at radius 2 is 2.46 bits per heavy atom. The molecule has 1 aromatic rings. The van der Waals surface area contributed by atoms with Crippen LogP contribution < -0.4 is 5.32 Å². The summed E-state index contributed by atoms with van der Waals surface area (Å²) in [4.78, 5) is 0. The van der Waals surface area contributed by atoms with Crippen LogP contribution in [0.2, 0.25) is 5.02 Å². The third-order valence-electron chi connectivity index (χ3n) is 2.24. The first kappa shape index (κ1) is 5.38. The van der Waals surface area contributed by atoms with Crippen molar-refractivity contribution in [2.24, 2.45) is 0 Å². The standard InChI is InChI=1S/C11H14ClN/c1-8-7-13-5-4-9-2-3-10(12)6-11(8)9/h2-3,6,8,13H,4-5,7H2,1H3/t8-/m0/s1/i4D2,5D2. The summed E-state index contributed by atoms with van der Waals surface area (Å²) in [6.07, 6.45) is -2.07. The van der Waals surface area contributed by atoms with Gasteiger partial charge in [-0.15, -0.1) is 0 Å². The van der Waals surface area contributed by atoms with Gasteiger partial charge < -0.3 is 5.32 Å². The van der Waals surface area contributed by atoms with E-state index in [0.29, 0.717) is 17.1 Å². The highest BCUT2D eigenvalue weighted by atomic mass is 35.5. The number of benzene rings is 1. The Kier molecular flexibility index (Phi) is 1.52. The number of fused-ring (bicyclic) bond motifs is 1. The lowest BCUT2D eigenvalue weighted by atomic mass is 9.96. The fourth-order valence-corrected chi connectivity index (χ4v) is 1.66. The van der Waals surface area contributed by atoms with Gasteiger partial charge in [0.2, 0.25) is 0 Å². The van der Waals surface area contributed by atoms with E-state index in [4.69, 9.17) is 17.1 Å². The van der Waals surface area contributed by atoms with E-state index in [2.05, 4.69) is 5.32 Å². The molecule has 0 saturated heterocycles. The molecule has 1 N–H and O–H groups in total. The molecule has 1 heterocycles. The van der Waals surface area contributed by atoms with Crippen LogP contribution >= 0.6 is 11.6 Å². The number of hydrogen-bond donors (Lipinski definition) is 1. The largest absolute Gasteiger partial charge is 0.316 e. The second-order valence-corrected chi connectivity index (χ2v) is 3.70. The Hall–Kier alpha value is -0.530. The van der Waals surface area contributed by atoms with Crippen molar-refractivity contribution in [3.05, 3.63) is 34.3 Å². The van der Waals surface area contributed by atoms with Crippen LogP contribution in [-0.4, -0.2) is 13.0 Å². The molecule has 70 valence electrons. The van der Waals surface area contributed by atoms with Crippen LogP contribution in [0.1, 0.15) is 29.5 Å². The van der Waals surface area contributed by atoms with E-state index >= 15 is 0 Å². The fraction of sp³-hybridized carbons (Fsp3) is 0.455. The summed E-state index contributed by atoms with van der Waals surface area (Å²) in [5, 5.41) is 3.19. The lowest BCUT2D eigenvalue weighted by Gasteiger charge is -2.11. The van der Waals surface area contributed by atoms with E-state index in [9.17, 15) is 0 Å². The summed E-state index contributed by atoms with van der Waals surface area (Å²) < 4.78 is 31.6. The maximum absolute atomic E-state index is 8.00. The fourth-order valence-electron chi connectivity index (χ4n) is 1.48. The Balaban J connectivity index is 2.65. The lowest BCUT2D eigenvalue weighted by molar-refractivity contribution is 0.644. The van der Waals surface area contributed by atoms with Crippen LogP contribution in [0, 0.1) is 0 Å². The predicted octanol–water partition coefficient (Wildman–Crippen LogP) is 2.59. The minimum Gasteiger partial charge on any atom is -0.316 e. The summed E-state index contributed by atoms with van der Waals surface area (Å²) in [5.41, 5.74) is 1.15. The van der Waals surface area contributed by atoms with Gasteiger partial charge in [0, 0.05) is 17.1 Å². The molecule has 0 aromatic heterocycles. The van der Waals surface area contributed by atoms with Crippen LogP contribution in [0.25, 0.3) is 0 Å². The molecule has 1 aliphatic rings. The molecule has 0 saturated carbocycles. The Morgan fingerprint density at radius 3 is 3.31 bits per heavy atom. The van der Waals surface area contributed by atoms with Crippen LogP contribution in [0.4, 0.5) is 0 Å². The molecule has 0 fully saturated rings. The van der Waals surface area contributed by atoms with Crippen LogP contribution in [-0.2, 0) is 6.37 Å². The molecule has 0 amide bonds. The summed E-state index contributed by atoms with van der Waals surface area (Å²) in [6.45, 7) is 0.236. The van der Waals surface area contributed by atoms with Gasteiger partial charge in [-0.3, -0.25) is 0 Å². The molecule has 1 aliphatic heterocycles. The average Bonchev–Trinajstić information content (AvgIpc) is 2.29. The van der Waals surface area contributed by atoms with Gasteiger partial charge in [0.25, 0.3) is 0 Å². The zero-order valence-corrected chi connectivity index (χ0v) is 8.15. The zero-order chi connectivity index (χ0) is 12.8. The molecule has 1 atom stereocenters. The van der Waals surface area contributed by atoms with Crippen molar-refractivity contribution in [2.75, 3.05) is 13.0 Å². The maximum atomic E-state index is 8.00. The molecule has 2 heteroatoms. The first-order chi connectivity index (χ1) is 7.75. The maximum Gasteiger partial charge on any atom is 0.0431 e.